The molecule has 1 saturated heterocycles. The number of carbonyl (C=O) groups is 1. The van der Waals surface area contributed by atoms with E-state index in [9.17, 15) is 9.18 Å². The van der Waals surface area contributed by atoms with Crippen molar-refractivity contribution in [3.63, 3.8) is 0 Å². The van der Waals surface area contributed by atoms with Gasteiger partial charge in [0.05, 0.1) is 6.42 Å². The van der Waals surface area contributed by atoms with Gasteiger partial charge in [0.25, 0.3) is 0 Å². The monoisotopic (exact) mass is 329 g/mol. The number of piperidine rings is 1. The summed E-state index contributed by atoms with van der Waals surface area (Å²) in [5.74, 6) is -1.03. The highest BCUT2D eigenvalue weighted by molar-refractivity contribution is 9.10. The third-order valence-electron chi connectivity index (χ3n) is 3.47. The zero-order valence-corrected chi connectivity index (χ0v) is 12.2. The number of aliphatic carboxylic acids is 1. The molecule has 2 rings (SSSR count). The Morgan fingerprint density at radius 1 is 1.42 bits per heavy atom. The van der Waals surface area contributed by atoms with Crippen molar-refractivity contribution < 1.29 is 14.3 Å². The van der Waals surface area contributed by atoms with E-state index in [2.05, 4.69) is 20.8 Å². The highest BCUT2D eigenvalue weighted by Crippen LogP contribution is 2.23. The maximum absolute atomic E-state index is 13.3. The number of carboxylic acid groups (broad SMARTS) is 1. The fourth-order valence-electron chi connectivity index (χ4n) is 2.64. The van der Waals surface area contributed by atoms with Gasteiger partial charge in [-0.05, 0) is 43.1 Å². The Hall–Kier alpha value is -0.940. The Morgan fingerprint density at radius 2 is 2.21 bits per heavy atom. The van der Waals surface area contributed by atoms with Crippen LogP contribution in [0.3, 0.4) is 0 Å². The second kappa shape index (κ2) is 6.48. The molecule has 0 aromatic heterocycles. The van der Waals surface area contributed by atoms with Gasteiger partial charge in [-0.25, -0.2) is 4.39 Å². The van der Waals surface area contributed by atoms with Crippen LogP contribution < -0.4 is 0 Å². The van der Waals surface area contributed by atoms with Crippen molar-refractivity contribution in [2.75, 3.05) is 6.54 Å². The van der Waals surface area contributed by atoms with E-state index >= 15 is 0 Å². The number of likely N-dealkylation sites (tertiary alicyclic amines) is 1. The van der Waals surface area contributed by atoms with Gasteiger partial charge in [0.15, 0.2) is 0 Å². The van der Waals surface area contributed by atoms with E-state index in [4.69, 9.17) is 5.11 Å². The first-order valence-corrected chi connectivity index (χ1v) is 7.25. The molecule has 1 aromatic rings. The number of rotatable bonds is 4. The van der Waals surface area contributed by atoms with Gasteiger partial charge >= 0.3 is 5.97 Å². The third-order valence-corrected chi connectivity index (χ3v) is 3.93. The zero-order chi connectivity index (χ0) is 13.8. The minimum atomic E-state index is -0.766. The van der Waals surface area contributed by atoms with Crippen molar-refractivity contribution in [1.29, 1.82) is 0 Å². The molecule has 1 aromatic carbocycles. The van der Waals surface area contributed by atoms with Crippen molar-refractivity contribution in [3.8, 4) is 0 Å². The molecule has 19 heavy (non-hydrogen) atoms. The van der Waals surface area contributed by atoms with Crippen LogP contribution in [0.1, 0.15) is 31.2 Å². The molecule has 1 aliphatic heterocycles. The molecule has 0 saturated carbocycles. The molecule has 1 fully saturated rings. The minimum absolute atomic E-state index is 0.0632. The Kier molecular flexibility index (Phi) is 4.93. The van der Waals surface area contributed by atoms with Gasteiger partial charge in [0, 0.05) is 17.1 Å². The number of hydrogen-bond donors (Lipinski definition) is 1. The SMILES string of the molecule is O=C(O)CC1CCCCN1Cc1cc(F)cc(Br)c1. The summed E-state index contributed by atoms with van der Waals surface area (Å²) in [4.78, 5) is 13.0. The van der Waals surface area contributed by atoms with Gasteiger partial charge in [-0.15, -0.1) is 0 Å². The molecule has 0 amide bonds. The van der Waals surface area contributed by atoms with Crippen LogP contribution in [0.15, 0.2) is 22.7 Å². The summed E-state index contributed by atoms with van der Waals surface area (Å²) in [7, 11) is 0. The first-order chi connectivity index (χ1) is 9.04. The van der Waals surface area contributed by atoms with Gasteiger partial charge in [0.2, 0.25) is 0 Å². The Bertz CT molecular complexity index is 447. The summed E-state index contributed by atoms with van der Waals surface area (Å²) in [5, 5.41) is 8.94. The largest absolute Gasteiger partial charge is 0.481 e. The normalized spacial score (nSPS) is 20.4. The Balaban J connectivity index is 2.08. The van der Waals surface area contributed by atoms with E-state index < -0.39 is 5.97 Å². The van der Waals surface area contributed by atoms with Crippen LogP contribution in [0.2, 0.25) is 0 Å². The minimum Gasteiger partial charge on any atom is -0.481 e. The maximum atomic E-state index is 13.3. The van der Waals surface area contributed by atoms with Gasteiger partial charge in [-0.3, -0.25) is 9.69 Å². The standard InChI is InChI=1S/C14H17BrFNO2/c15-11-5-10(6-12(16)7-11)9-17-4-2-1-3-13(17)8-14(18)19/h5-7,13H,1-4,8-9H2,(H,18,19). The molecule has 0 aliphatic carbocycles. The summed E-state index contributed by atoms with van der Waals surface area (Å²) in [5.41, 5.74) is 0.879. The second-order valence-corrected chi connectivity index (χ2v) is 5.91. The number of carboxylic acids is 1. The molecule has 104 valence electrons. The maximum Gasteiger partial charge on any atom is 0.304 e. The quantitative estimate of drug-likeness (QED) is 0.920. The molecule has 1 atom stereocenters. The lowest BCUT2D eigenvalue weighted by Gasteiger charge is -2.35. The Morgan fingerprint density at radius 3 is 2.89 bits per heavy atom. The predicted octanol–water partition coefficient (Wildman–Crippen LogP) is 3.42. The molecule has 1 N–H and O–H groups in total. The summed E-state index contributed by atoms with van der Waals surface area (Å²) < 4.78 is 14.1. The van der Waals surface area contributed by atoms with Crippen molar-refractivity contribution in [3.05, 3.63) is 34.1 Å². The van der Waals surface area contributed by atoms with Crippen molar-refractivity contribution >= 4 is 21.9 Å². The first-order valence-electron chi connectivity index (χ1n) is 6.45. The van der Waals surface area contributed by atoms with Crippen molar-refractivity contribution in [2.45, 2.75) is 38.3 Å². The first kappa shape index (κ1) is 14.5. The summed E-state index contributed by atoms with van der Waals surface area (Å²) >= 11 is 3.28. The lowest BCUT2D eigenvalue weighted by molar-refractivity contribution is -0.138. The van der Waals surface area contributed by atoms with E-state index in [-0.39, 0.29) is 18.3 Å². The molecule has 1 heterocycles. The van der Waals surface area contributed by atoms with E-state index in [1.807, 2.05) is 6.07 Å². The molecule has 1 aliphatic rings. The second-order valence-electron chi connectivity index (χ2n) is 5.00. The topological polar surface area (TPSA) is 40.5 Å². The fraction of sp³-hybridized carbons (Fsp3) is 0.500. The molecule has 0 bridgehead atoms. The van der Waals surface area contributed by atoms with Crippen LogP contribution in [-0.2, 0) is 11.3 Å². The fourth-order valence-corrected chi connectivity index (χ4v) is 3.15. The van der Waals surface area contributed by atoms with E-state index in [0.717, 1.165) is 31.4 Å². The average molecular weight is 330 g/mol. The van der Waals surface area contributed by atoms with E-state index in [1.165, 1.54) is 12.1 Å². The third kappa shape index (κ3) is 4.28. The van der Waals surface area contributed by atoms with E-state index in [0.29, 0.717) is 11.0 Å². The molecule has 0 spiro atoms. The predicted molar refractivity (Wildman–Crippen MR) is 74.4 cm³/mol. The van der Waals surface area contributed by atoms with Crippen LogP contribution >= 0.6 is 15.9 Å². The number of benzene rings is 1. The summed E-state index contributed by atoms with van der Waals surface area (Å²) in [6.45, 7) is 1.49. The highest BCUT2D eigenvalue weighted by Gasteiger charge is 2.24. The summed E-state index contributed by atoms with van der Waals surface area (Å²) in [6.07, 6.45) is 3.22. The van der Waals surface area contributed by atoms with Crippen LogP contribution in [-0.4, -0.2) is 28.6 Å². The van der Waals surface area contributed by atoms with Crippen LogP contribution in [0.5, 0.6) is 0 Å². The highest BCUT2D eigenvalue weighted by atomic mass is 79.9. The molecular weight excluding hydrogens is 313 g/mol. The molecule has 0 radical (unpaired) electrons. The van der Waals surface area contributed by atoms with Gasteiger partial charge in [-0.2, -0.15) is 0 Å². The number of hydrogen-bond acceptors (Lipinski definition) is 2. The lowest BCUT2D eigenvalue weighted by atomic mass is 9.98. The smallest absolute Gasteiger partial charge is 0.304 e. The Labute approximate surface area is 120 Å². The molecule has 3 nitrogen and oxygen atoms in total. The van der Waals surface area contributed by atoms with E-state index in [1.54, 1.807) is 0 Å². The van der Waals surface area contributed by atoms with Crippen molar-refractivity contribution in [2.24, 2.45) is 0 Å². The lowest BCUT2D eigenvalue weighted by Crippen LogP contribution is -2.40. The van der Waals surface area contributed by atoms with Crippen LogP contribution in [0.4, 0.5) is 4.39 Å². The summed E-state index contributed by atoms with van der Waals surface area (Å²) in [6, 6.07) is 4.88. The van der Waals surface area contributed by atoms with Crippen LogP contribution in [0, 0.1) is 5.82 Å². The van der Waals surface area contributed by atoms with Gasteiger partial charge in [-0.1, -0.05) is 22.4 Å². The molecular formula is C14H17BrFNO2. The zero-order valence-electron chi connectivity index (χ0n) is 10.6. The molecule has 5 heteroatoms. The number of halogens is 2. The number of nitrogens with zero attached hydrogens (tertiary/aromatic N) is 1. The average Bonchev–Trinajstić information content (AvgIpc) is 2.29. The molecule has 1 unspecified atom stereocenters. The van der Waals surface area contributed by atoms with Crippen molar-refractivity contribution in [1.82, 2.24) is 4.90 Å². The van der Waals surface area contributed by atoms with Gasteiger partial charge in [0.1, 0.15) is 5.82 Å². The van der Waals surface area contributed by atoms with Gasteiger partial charge < -0.3 is 5.11 Å². The van der Waals surface area contributed by atoms with Crippen LogP contribution in [0.25, 0.3) is 0 Å².